The highest BCUT2D eigenvalue weighted by atomic mass is 35.5. The van der Waals surface area contributed by atoms with Crippen LogP contribution in [0.1, 0.15) is 54.2 Å². The van der Waals surface area contributed by atoms with E-state index in [1.807, 2.05) is 24.3 Å². The third-order valence-electron chi connectivity index (χ3n) is 7.53. The second-order valence-electron chi connectivity index (χ2n) is 9.16. The van der Waals surface area contributed by atoms with Crippen LogP contribution in [0.4, 0.5) is 4.39 Å². The van der Waals surface area contributed by atoms with Crippen LogP contribution >= 0.6 is 11.6 Å². The third kappa shape index (κ3) is 3.33. The maximum Gasteiger partial charge on any atom is 0.147 e. The molecule has 5 rings (SSSR count). The van der Waals surface area contributed by atoms with Crippen LogP contribution in [0.2, 0.25) is 5.02 Å². The zero-order valence-corrected chi connectivity index (χ0v) is 18.2. The number of benzene rings is 3. The molecule has 2 aliphatic rings. The van der Waals surface area contributed by atoms with Gasteiger partial charge in [0.05, 0.1) is 11.5 Å². The number of hydrogen-bond donors (Lipinski definition) is 2. The number of rotatable bonds is 3. The fourth-order valence-electron chi connectivity index (χ4n) is 5.76. The maximum atomic E-state index is 13.6. The second kappa shape index (κ2) is 7.72. The van der Waals surface area contributed by atoms with Crippen molar-refractivity contribution in [2.75, 3.05) is 0 Å². The van der Waals surface area contributed by atoms with Crippen molar-refractivity contribution in [1.29, 1.82) is 0 Å². The van der Waals surface area contributed by atoms with Gasteiger partial charge in [0.15, 0.2) is 0 Å². The van der Waals surface area contributed by atoms with Crippen molar-refractivity contribution in [2.45, 2.75) is 43.1 Å². The lowest BCUT2D eigenvalue weighted by Crippen LogP contribution is -2.57. The fourth-order valence-corrected chi connectivity index (χ4v) is 5.89. The van der Waals surface area contributed by atoms with Crippen LogP contribution in [-0.4, -0.2) is 16.0 Å². The van der Waals surface area contributed by atoms with Crippen LogP contribution in [0, 0.1) is 11.2 Å². The predicted molar refractivity (Wildman–Crippen MR) is 121 cm³/mol. The number of ketones is 1. The number of aliphatic hydroxyl groups is 1. The normalized spacial score (nSPS) is 29.7. The highest BCUT2D eigenvalue weighted by Gasteiger charge is 2.64. The summed E-state index contributed by atoms with van der Waals surface area (Å²) < 4.78 is 13.5. The van der Waals surface area contributed by atoms with E-state index < -0.39 is 11.0 Å². The summed E-state index contributed by atoms with van der Waals surface area (Å²) in [4.78, 5) is 13.6. The van der Waals surface area contributed by atoms with Crippen molar-refractivity contribution in [2.24, 2.45) is 5.41 Å². The van der Waals surface area contributed by atoms with Crippen molar-refractivity contribution in [1.82, 2.24) is 0 Å². The van der Waals surface area contributed by atoms with Crippen molar-refractivity contribution in [3.05, 3.63) is 100 Å². The Bertz CT molecular complexity index is 1130. The van der Waals surface area contributed by atoms with Crippen LogP contribution in [0.5, 0.6) is 5.75 Å². The van der Waals surface area contributed by atoms with Crippen LogP contribution in [-0.2, 0) is 10.4 Å². The van der Waals surface area contributed by atoms with Gasteiger partial charge in [-0.05, 0) is 78.8 Å². The highest BCUT2D eigenvalue weighted by Crippen LogP contribution is 2.66. The summed E-state index contributed by atoms with van der Waals surface area (Å²) in [5, 5.41) is 21.7. The van der Waals surface area contributed by atoms with Crippen LogP contribution < -0.4 is 0 Å². The largest absolute Gasteiger partial charge is 0.508 e. The standard InChI is InChI=1S/C27H24ClFO3/c28-20-7-5-19(6-8-20)27(32)15-13-26(14-16-27)24(18-3-11-22(30)12-4-18)23(25(26)31)17-1-9-21(29)10-2-17/h1-12,23-24,30,32H,13-16H2. The van der Waals surface area contributed by atoms with E-state index in [2.05, 4.69) is 0 Å². The van der Waals surface area contributed by atoms with E-state index >= 15 is 0 Å². The van der Waals surface area contributed by atoms with Gasteiger partial charge in [-0.15, -0.1) is 0 Å². The van der Waals surface area contributed by atoms with Crippen molar-refractivity contribution in [3.8, 4) is 5.75 Å². The molecule has 0 amide bonds. The minimum atomic E-state index is -0.989. The quantitative estimate of drug-likeness (QED) is 0.508. The summed E-state index contributed by atoms with van der Waals surface area (Å²) in [6.45, 7) is 0. The molecule has 2 fully saturated rings. The average molecular weight is 451 g/mol. The number of phenols is 1. The average Bonchev–Trinajstić information content (AvgIpc) is 2.80. The van der Waals surface area contributed by atoms with Gasteiger partial charge < -0.3 is 10.2 Å². The van der Waals surface area contributed by atoms with Crippen LogP contribution in [0.25, 0.3) is 0 Å². The van der Waals surface area contributed by atoms with Gasteiger partial charge in [0, 0.05) is 16.4 Å². The summed E-state index contributed by atoms with van der Waals surface area (Å²) in [5.74, 6) is -0.451. The molecule has 0 radical (unpaired) electrons. The van der Waals surface area contributed by atoms with Crippen molar-refractivity contribution < 1.29 is 19.4 Å². The number of halogens is 2. The maximum absolute atomic E-state index is 13.6. The lowest BCUT2D eigenvalue weighted by molar-refractivity contribution is -0.154. The summed E-state index contributed by atoms with van der Waals surface area (Å²) >= 11 is 6.01. The Morgan fingerprint density at radius 2 is 1.38 bits per heavy atom. The first kappa shape index (κ1) is 21.2. The third-order valence-corrected chi connectivity index (χ3v) is 7.79. The Labute approximate surface area is 191 Å². The Morgan fingerprint density at radius 1 is 0.812 bits per heavy atom. The topological polar surface area (TPSA) is 57.5 Å². The minimum Gasteiger partial charge on any atom is -0.508 e. The number of carbonyl (C=O) groups is 1. The Kier molecular flexibility index (Phi) is 5.11. The predicted octanol–water partition coefficient (Wildman–Crippen LogP) is 6.08. The number of Topliss-reactive ketones (excluding diaryl/α,β-unsaturated/α-hetero) is 1. The molecular weight excluding hydrogens is 427 g/mol. The molecular formula is C27H24ClFO3. The molecule has 0 bridgehead atoms. The summed E-state index contributed by atoms with van der Waals surface area (Å²) in [5.41, 5.74) is 1.04. The Balaban J connectivity index is 1.48. The number of hydrogen-bond acceptors (Lipinski definition) is 3. The Morgan fingerprint density at radius 3 is 1.97 bits per heavy atom. The van der Waals surface area contributed by atoms with Crippen LogP contribution in [0.3, 0.4) is 0 Å². The molecule has 0 saturated heterocycles. The molecule has 164 valence electrons. The van der Waals surface area contributed by atoms with E-state index in [-0.39, 0.29) is 29.2 Å². The van der Waals surface area contributed by atoms with Crippen LogP contribution in [0.15, 0.2) is 72.8 Å². The summed E-state index contributed by atoms with van der Waals surface area (Å²) in [6, 6.07) is 20.4. The smallest absolute Gasteiger partial charge is 0.147 e. The monoisotopic (exact) mass is 450 g/mol. The fraction of sp³-hybridized carbons (Fsp3) is 0.296. The van der Waals surface area contributed by atoms with E-state index in [0.717, 1.165) is 16.7 Å². The first-order valence-corrected chi connectivity index (χ1v) is 11.3. The van der Waals surface area contributed by atoms with E-state index in [1.165, 1.54) is 12.1 Å². The van der Waals surface area contributed by atoms with Gasteiger partial charge in [-0.1, -0.05) is 48.0 Å². The molecule has 32 heavy (non-hydrogen) atoms. The van der Waals surface area contributed by atoms with Crippen molar-refractivity contribution in [3.63, 3.8) is 0 Å². The van der Waals surface area contributed by atoms with Gasteiger partial charge in [-0.3, -0.25) is 4.79 Å². The van der Waals surface area contributed by atoms with Gasteiger partial charge >= 0.3 is 0 Å². The molecule has 0 aliphatic heterocycles. The van der Waals surface area contributed by atoms with Gasteiger partial charge in [0.2, 0.25) is 0 Å². The molecule has 2 N–H and O–H groups in total. The SMILES string of the molecule is O=C1C(c2ccc(F)cc2)C(c2ccc(O)cc2)C12CCC(O)(c1ccc(Cl)cc1)CC2. The molecule has 2 atom stereocenters. The molecule has 3 nitrogen and oxygen atoms in total. The summed E-state index contributed by atoms with van der Waals surface area (Å²) in [7, 11) is 0. The highest BCUT2D eigenvalue weighted by molar-refractivity contribution is 6.30. The van der Waals surface area contributed by atoms with Gasteiger partial charge in [-0.25, -0.2) is 4.39 Å². The number of carbonyl (C=O) groups excluding carboxylic acids is 1. The summed E-state index contributed by atoms with van der Waals surface area (Å²) in [6.07, 6.45) is 2.08. The second-order valence-corrected chi connectivity index (χ2v) is 9.59. The molecule has 3 aromatic carbocycles. The van der Waals surface area contributed by atoms with Gasteiger partial charge in [-0.2, -0.15) is 0 Å². The lowest BCUT2D eigenvalue weighted by atomic mass is 9.44. The number of aromatic hydroxyl groups is 1. The Hall–Kier alpha value is -2.69. The van der Waals surface area contributed by atoms with Gasteiger partial charge in [0.1, 0.15) is 17.3 Å². The first-order valence-electron chi connectivity index (χ1n) is 10.9. The molecule has 1 spiro atoms. The number of phenolic OH excluding ortho intramolecular Hbond substituents is 1. The van der Waals surface area contributed by atoms with Crippen molar-refractivity contribution >= 4 is 17.4 Å². The zero-order valence-electron chi connectivity index (χ0n) is 17.5. The molecule has 0 aromatic heterocycles. The minimum absolute atomic E-state index is 0.0872. The van der Waals surface area contributed by atoms with E-state index in [4.69, 9.17) is 11.6 Å². The van der Waals surface area contributed by atoms with Gasteiger partial charge in [0.25, 0.3) is 0 Å². The van der Waals surface area contributed by atoms with E-state index in [9.17, 15) is 19.4 Å². The molecule has 2 saturated carbocycles. The molecule has 2 unspecified atom stereocenters. The molecule has 0 heterocycles. The lowest BCUT2D eigenvalue weighted by Gasteiger charge is -2.58. The van der Waals surface area contributed by atoms with E-state index in [1.54, 1.807) is 36.4 Å². The first-order chi connectivity index (χ1) is 15.3. The zero-order chi connectivity index (χ0) is 22.5. The molecule has 5 heteroatoms. The van der Waals surface area contributed by atoms with E-state index in [0.29, 0.717) is 30.7 Å². The molecule has 3 aromatic rings. The molecule has 2 aliphatic carbocycles.